The molecule has 0 spiro atoms. The van der Waals surface area contributed by atoms with Crippen LogP contribution < -0.4 is 15.4 Å². The molecule has 0 saturated heterocycles. The number of hydrogen-bond acceptors (Lipinski definition) is 3. The third-order valence-corrected chi connectivity index (χ3v) is 3.69. The van der Waals surface area contributed by atoms with E-state index in [0.29, 0.717) is 0 Å². The Bertz CT molecular complexity index is 613. The van der Waals surface area contributed by atoms with E-state index in [9.17, 15) is 0 Å². The van der Waals surface area contributed by atoms with E-state index in [1.54, 1.807) is 7.11 Å². The number of nitrogens with two attached hydrogens (primary N) is 1. The fourth-order valence-electron chi connectivity index (χ4n) is 2.40. The first-order chi connectivity index (χ1) is 10.0. The van der Waals surface area contributed by atoms with Gasteiger partial charge in [-0.1, -0.05) is 29.8 Å². The van der Waals surface area contributed by atoms with Crippen molar-refractivity contribution < 1.29 is 4.74 Å². The first kappa shape index (κ1) is 15.7. The van der Waals surface area contributed by atoms with Gasteiger partial charge >= 0.3 is 0 Å². The summed E-state index contributed by atoms with van der Waals surface area (Å²) < 4.78 is 5.29. The van der Waals surface area contributed by atoms with Gasteiger partial charge in [-0.25, -0.2) is 0 Å². The van der Waals surface area contributed by atoms with E-state index in [1.165, 1.54) is 0 Å². The van der Waals surface area contributed by atoms with Crippen LogP contribution in [0.5, 0.6) is 5.75 Å². The number of methoxy groups -OCH3 is 1. The zero-order chi connectivity index (χ0) is 15.4. The SMILES string of the molecule is COc1cccc(N(C)c2c(Cl)cccc2CC(C)N)c1. The zero-order valence-electron chi connectivity index (χ0n) is 12.6. The van der Waals surface area contributed by atoms with Crippen LogP contribution >= 0.6 is 11.6 Å². The van der Waals surface area contributed by atoms with Crippen molar-refractivity contribution in [1.29, 1.82) is 0 Å². The molecular formula is C17H21ClN2O. The van der Waals surface area contributed by atoms with E-state index >= 15 is 0 Å². The molecule has 0 fully saturated rings. The van der Waals surface area contributed by atoms with Gasteiger partial charge in [-0.2, -0.15) is 0 Å². The van der Waals surface area contributed by atoms with Crippen LogP contribution in [0.4, 0.5) is 11.4 Å². The molecule has 0 aliphatic rings. The lowest BCUT2D eigenvalue weighted by atomic mass is 10.0. The fraction of sp³-hybridized carbons (Fsp3) is 0.294. The average Bonchev–Trinajstić information content (AvgIpc) is 2.46. The Balaban J connectivity index is 2.44. The molecule has 3 nitrogen and oxygen atoms in total. The van der Waals surface area contributed by atoms with Gasteiger partial charge in [0.05, 0.1) is 17.8 Å². The largest absolute Gasteiger partial charge is 0.497 e. The van der Waals surface area contributed by atoms with Crippen molar-refractivity contribution in [2.75, 3.05) is 19.1 Å². The van der Waals surface area contributed by atoms with Gasteiger partial charge in [-0.05, 0) is 37.1 Å². The van der Waals surface area contributed by atoms with E-state index in [4.69, 9.17) is 22.1 Å². The highest BCUT2D eigenvalue weighted by Crippen LogP contribution is 2.35. The topological polar surface area (TPSA) is 38.5 Å². The molecule has 0 amide bonds. The van der Waals surface area contributed by atoms with Crippen LogP contribution in [0.25, 0.3) is 0 Å². The number of nitrogens with zero attached hydrogens (tertiary/aromatic N) is 1. The normalized spacial score (nSPS) is 12.0. The number of para-hydroxylation sites is 1. The summed E-state index contributed by atoms with van der Waals surface area (Å²) in [6.07, 6.45) is 0.782. The highest BCUT2D eigenvalue weighted by molar-refractivity contribution is 6.33. The molecule has 2 N–H and O–H groups in total. The number of rotatable bonds is 5. The molecule has 0 aliphatic heterocycles. The summed E-state index contributed by atoms with van der Waals surface area (Å²) in [6.45, 7) is 2.00. The number of halogens is 1. The van der Waals surface area contributed by atoms with Gasteiger partial charge in [0.25, 0.3) is 0 Å². The minimum atomic E-state index is 0.0842. The predicted octanol–water partition coefficient (Wildman–Crippen LogP) is 4.01. The summed E-state index contributed by atoms with van der Waals surface area (Å²) >= 11 is 6.42. The van der Waals surface area contributed by atoms with Crippen molar-refractivity contribution in [1.82, 2.24) is 0 Å². The molecule has 0 aliphatic carbocycles. The minimum absolute atomic E-state index is 0.0842. The van der Waals surface area contributed by atoms with Gasteiger partial charge in [-0.15, -0.1) is 0 Å². The van der Waals surface area contributed by atoms with Crippen LogP contribution in [0.3, 0.4) is 0 Å². The van der Waals surface area contributed by atoms with Crippen molar-refractivity contribution in [3.63, 3.8) is 0 Å². The predicted molar refractivity (Wildman–Crippen MR) is 89.9 cm³/mol. The smallest absolute Gasteiger partial charge is 0.120 e. The molecule has 2 aromatic rings. The maximum atomic E-state index is 6.42. The van der Waals surface area contributed by atoms with Crippen molar-refractivity contribution in [2.45, 2.75) is 19.4 Å². The Kier molecular flexibility index (Phi) is 5.10. The maximum absolute atomic E-state index is 6.42. The average molecular weight is 305 g/mol. The number of ether oxygens (including phenoxy) is 1. The lowest BCUT2D eigenvalue weighted by molar-refractivity contribution is 0.415. The van der Waals surface area contributed by atoms with E-state index in [1.807, 2.05) is 50.4 Å². The van der Waals surface area contributed by atoms with Gasteiger partial charge in [-0.3, -0.25) is 0 Å². The summed E-state index contributed by atoms with van der Waals surface area (Å²) in [5.41, 5.74) is 9.10. The molecule has 2 rings (SSSR count). The third-order valence-electron chi connectivity index (χ3n) is 3.39. The first-order valence-corrected chi connectivity index (χ1v) is 7.31. The van der Waals surface area contributed by atoms with Crippen molar-refractivity contribution in [3.05, 3.63) is 53.1 Å². The van der Waals surface area contributed by atoms with Gasteiger partial charge in [0.1, 0.15) is 5.75 Å². The van der Waals surface area contributed by atoms with Crippen LogP contribution in [0, 0.1) is 0 Å². The van der Waals surface area contributed by atoms with Gasteiger partial charge < -0.3 is 15.4 Å². The Hall–Kier alpha value is -1.71. The molecule has 2 aromatic carbocycles. The number of benzene rings is 2. The first-order valence-electron chi connectivity index (χ1n) is 6.93. The second-order valence-corrected chi connectivity index (χ2v) is 5.60. The third kappa shape index (κ3) is 3.69. The fourth-order valence-corrected chi connectivity index (χ4v) is 2.72. The van der Waals surface area contributed by atoms with Crippen molar-refractivity contribution in [2.24, 2.45) is 5.73 Å². The Labute approximate surface area is 131 Å². The number of hydrogen-bond donors (Lipinski definition) is 1. The van der Waals surface area contributed by atoms with Crippen molar-refractivity contribution in [3.8, 4) is 5.75 Å². The zero-order valence-corrected chi connectivity index (χ0v) is 13.4. The number of anilines is 2. The molecule has 0 bridgehead atoms. The van der Waals surface area contributed by atoms with Gasteiger partial charge in [0.2, 0.25) is 0 Å². The Morgan fingerprint density at radius 1 is 1.24 bits per heavy atom. The van der Waals surface area contributed by atoms with E-state index in [0.717, 1.165) is 34.1 Å². The van der Waals surface area contributed by atoms with Crippen LogP contribution in [-0.2, 0) is 6.42 Å². The second kappa shape index (κ2) is 6.83. The molecule has 0 saturated carbocycles. The molecule has 0 aromatic heterocycles. The summed E-state index contributed by atoms with van der Waals surface area (Å²) in [4.78, 5) is 2.07. The molecule has 112 valence electrons. The van der Waals surface area contributed by atoms with Gasteiger partial charge in [0.15, 0.2) is 0 Å². The monoisotopic (exact) mass is 304 g/mol. The van der Waals surface area contributed by atoms with E-state index < -0.39 is 0 Å². The summed E-state index contributed by atoms with van der Waals surface area (Å²) in [6, 6.07) is 13.9. The minimum Gasteiger partial charge on any atom is -0.497 e. The lowest BCUT2D eigenvalue weighted by Gasteiger charge is -2.25. The summed E-state index contributed by atoms with van der Waals surface area (Å²) in [5.74, 6) is 0.820. The van der Waals surface area contributed by atoms with Crippen LogP contribution in [-0.4, -0.2) is 20.2 Å². The molecule has 1 atom stereocenters. The molecular weight excluding hydrogens is 284 g/mol. The highest BCUT2D eigenvalue weighted by atomic mass is 35.5. The standard InChI is InChI=1S/C17H21ClN2O/c1-12(19)10-13-6-4-9-16(18)17(13)20(2)14-7-5-8-15(11-14)21-3/h4-9,11-12H,10,19H2,1-3H3. The maximum Gasteiger partial charge on any atom is 0.120 e. The summed E-state index contributed by atoms with van der Waals surface area (Å²) in [7, 11) is 3.66. The van der Waals surface area contributed by atoms with Gasteiger partial charge in [0, 0.05) is 24.8 Å². The molecule has 0 radical (unpaired) electrons. The van der Waals surface area contributed by atoms with Crippen molar-refractivity contribution >= 4 is 23.0 Å². The molecule has 21 heavy (non-hydrogen) atoms. The summed E-state index contributed by atoms with van der Waals surface area (Å²) in [5, 5.41) is 0.721. The molecule has 0 heterocycles. The Morgan fingerprint density at radius 2 is 1.95 bits per heavy atom. The van der Waals surface area contributed by atoms with Crippen LogP contribution in [0.15, 0.2) is 42.5 Å². The Morgan fingerprint density at radius 3 is 2.62 bits per heavy atom. The van der Waals surface area contributed by atoms with E-state index in [-0.39, 0.29) is 6.04 Å². The van der Waals surface area contributed by atoms with Crippen LogP contribution in [0.1, 0.15) is 12.5 Å². The van der Waals surface area contributed by atoms with E-state index in [2.05, 4.69) is 11.0 Å². The van der Waals surface area contributed by atoms with Crippen LogP contribution in [0.2, 0.25) is 5.02 Å². The lowest BCUT2D eigenvalue weighted by Crippen LogP contribution is -2.20. The molecule has 4 heteroatoms. The molecule has 1 unspecified atom stereocenters. The quantitative estimate of drug-likeness (QED) is 0.907. The highest BCUT2D eigenvalue weighted by Gasteiger charge is 2.14. The second-order valence-electron chi connectivity index (χ2n) is 5.19.